The molecule has 1 N–H and O–H groups in total. The minimum atomic E-state index is -3.51. The van der Waals surface area contributed by atoms with Crippen LogP contribution in [0.4, 0.5) is 0 Å². The molecule has 2 fully saturated rings. The van der Waals surface area contributed by atoms with E-state index in [2.05, 4.69) is 5.32 Å². The summed E-state index contributed by atoms with van der Waals surface area (Å²) in [5, 5.41) is 3.27. The fraction of sp³-hybridized carbons (Fsp3) is 0.611. The lowest BCUT2D eigenvalue weighted by molar-refractivity contribution is -0.133. The Kier molecular flexibility index (Phi) is 5.96. The third kappa shape index (κ3) is 4.25. The number of nitrogens with one attached hydrogen (secondary N) is 1. The van der Waals surface area contributed by atoms with Crippen LogP contribution in [0, 0.1) is 13.8 Å². The predicted molar refractivity (Wildman–Crippen MR) is 98.5 cm³/mol. The van der Waals surface area contributed by atoms with Crippen LogP contribution in [0.1, 0.15) is 17.5 Å². The van der Waals surface area contributed by atoms with Gasteiger partial charge in [-0.25, -0.2) is 8.42 Å². The molecule has 26 heavy (non-hydrogen) atoms. The average Bonchev–Trinajstić information content (AvgIpc) is 2.65. The fourth-order valence-electron chi connectivity index (χ4n) is 3.29. The van der Waals surface area contributed by atoms with E-state index in [1.807, 2.05) is 19.9 Å². The van der Waals surface area contributed by atoms with Gasteiger partial charge in [-0.15, -0.1) is 0 Å². The quantitative estimate of drug-likeness (QED) is 0.822. The Bertz CT molecular complexity index is 752. The molecule has 0 aliphatic carbocycles. The van der Waals surface area contributed by atoms with Gasteiger partial charge in [-0.1, -0.05) is 6.07 Å². The summed E-state index contributed by atoms with van der Waals surface area (Å²) in [4.78, 5) is 14.5. The zero-order valence-electron chi connectivity index (χ0n) is 15.4. The standard InChI is InChI=1S/C18H27N3O4S/c1-14-3-4-17(11-15(14)2)26(23,24)21-8-6-20(7-9-21)18(22)12-16-13-25-10-5-19-16/h3-4,11,16,19H,5-10,12-13H2,1-2H3. The van der Waals surface area contributed by atoms with Crippen LogP contribution in [0.2, 0.25) is 0 Å². The molecule has 8 heteroatoms. The molecule has 2 aliphatic rings. The van der Waals surface area contributed by atoms with Gasteiger partial charge in [0.2, 0.25) is 15.9 Å². The first kappa shape index (κ1) is 19.3. The SMILES string of the molecule is Cc1ccc(S(=O)(=O)N2CCN(C(=O)CC3COCCN3)CC2)cc1C. The smallest absolute Gasteiger partial charge is 0.243 e. The van der Waals surface area contributed by atoms with E-state index in [0.29, 0.717) is 50.7 Å². The van der Waals surface area contributed by atoms with Crippen molar-refractivity contribution in [2.24, 2.45) is 0 Å². The first-order valence-corrected chi connectivity index (χ1v) is 10.5. The van der Waals surface area contributed by atoms with Gasteiger partial charge >= 0.3 is 0 Å². The number of ether oxygens (including phenoxy) is 1. The fourth-order valence-corrected chi connectivity index (χ4v) is 4.80. The van der Waals surface area contributed by atoms with Crippen molar-refractivity contribution in [1.82, 2.24) is 14.5 Å². The molecule has 0 aromatic heterocycles. The van der Waals surface area contributed by atoms with Gasteiger partial charge in [-0.3, -0.25) is 4.79 Å². The van der Waals surface area contributed by atoms with Gasteiger partial charge in [0.05, 0.1) is 18.1 Å². The lowest BCUT2D eigenvalue weighted by atomic mass is 10.1. The summed E-state index contributed by atoms with van der Waals surface area (Å²) in [6.07, 6.45) is 0.393. The van der Waals surface area contributed by atoms with Crippen molar-refractivity contribution in [2.75, 3.05) is 45.9 Å². The minimum Gasteiger partial charge on any atom is -0.378 e. The molecule has 1 unspecified atom stereocenters. The highest BCUT2D eigenvalue weighted by atomic mass is 32.2. The molecule has 2 heterocycles. The van der Waals surface area contributed by atoms with E-state index >= 15 is 0 Å². The van der Waals surface area contributed by atoms with Gasteiger partial charge in [-0.2, -0.15) is 4.31 Å². The van der Waals surface area contributed by atoms with Crippen molar-refractivity contribution in [3.63, 3.8) is 0 Å². The number of rotatable bonds is 4. The second-order valence-electron chi connectivity index (χ2n) is 6.96. The summed E-state index contributed by atoms with van der Waals surface area (Å²) < 4.78 is 32.5. The average molecular weight is 381 g/mol. The van der Waals surface area contributed by atoms with Crippen LogP contribution in [0.3, 0.4) is 0 Å². The molecule has 1 amide bonds. The topological polar surface area (TPSA) is 79.0 Å². The number of amides is 1. The van der Waals surface area contributed by atoms with Crippen LogP contribution < -0.4 is 5.32 Å². The maximum atomic E-state index is 12.8. The number of aryl methyl sites for hydroxylation is 2. The number of benzene rings is 1. The Morgan fingerprint density at radius 2 is 1.92 bits per heavy atom. The Balaban J connectivity index is 1.58. The molecule has 1 aromatic carbocycles. The van der Waals surface area contributed by atoms with E-state index in [9.17, 15) is 13.2 Å². The number of sulfonamides is 1. The molecule has 1 atom stereocenters. The summed E-state index contributed by atoms with van der Waals surface area (Å²) in [5.41, 5.74) is 2.03. The summed E-state index contributed by atoms with van der Waals surface area (Å²) in [6, 6.07) is 5.26. The molecule has 0 radical (unpaired) electrons. The zero-order chi connectivity index (χ0) is 18.7. The van der Waals surface area contributed by atoms with Crippen LogP contribution in [0.25, 0.3) is 0 Å². The van der Waals surface area contributed by atoms with Crippen molar-refractivity contribution < 1.29 is 17.9 Å². The van der Waals surface area contributed by atoms with Crippen LogP contribution in [-0.4, -0.2) is 75.5 Å². The van der Waals surface area contributed by atoms with Crippen molar-refractivity contribution in [1.29, 1.82) is 0 Å². The van der Waals surface area contributed by atoms with Crippen LogP contribution in [0.15, 0.2) is 23.1 Å². The molecule has 7 nitrogen and oxygen atoms in total. The molecule has 0 bridgehead atoms. The van der Waals surface area contributed by atoms with Crippen molar-refractivity contribution in [3.05, 3.63) is 29.3 Å². The molecule has 2 aliphatic heterocycles. The van der Waals surface area contributed by atoms with E-state index in [1.54, 1.807) is 17.0 Å². The summed E-state index contributed by atoms with van der Waals surface area (Å²) in [6.45, 7) is 7.38. The number of hydrogen-bond donors (Lipinski definition) is 1. The third-order valence-electron chi connectivity index (χ3n) is 5.13. The summed E-state index contributed by atoms with van der Waals surface area (Å²) in [7, 11) is -3.51. The highest BCUT2D eigenvalue weighted by Crippen LogP contribution is 2.20. The highest BCUT2D eigenvalue weighted by molar-refractivity contribution is 7.89. The normalized spacial score (nSPS) is 22.4. The van der Waals surface area contributed by atoms with E-state index in [1.165, 1.54) is 4.31 Å². The van der Waals surface area contributed by atoms with Crippen molar-refractivity contribution in [3.8, 4) is 0 Å². The molecular weight excluding hydrogens is 354 g/mol. The first-order valence-electron chi connectivity index (χ1n) is 9.04. The van der Waals surface area contributed by atoms with Crippen LogP contribution >= 0.6 is 0 Å². The largest absolute Gasteiger partial charge is 0.378 e. The lowest BCUT2D eigenvalue weighted by Gasteiger charge is -2.35. The highest BCUT2D eigenvalue weighted by Gasteiger charge is 2.31. The Labute approximate surface area is 155 Å². The molecule has 1 aromatic rings. The second-order valence-corrected chi connectivity index (χ2v) is 8.90. The van der Waals surface area contributed by atoms with Gasteiger partial charge in [0.15, 0.2) is 0 Å². The molecule has 2 saturated heterocycles. The second kappa shape index (κ2) is 8.04. The first-order chi connectivity index (χ1) is 12.4. The van der Waals surface area contributed by atoms with Gasteiger partial charge in [0.1, 0.15) is 0 Å². The van der Waals surface area contributed by atoms with Gasteiger partial charge in [0.25, 0.3) is 0 Å². The number of piperazine rings is 1. The lowest BCUT2D eigenvalue weighted by Crippen LogP contribution is -2.52. The van der Waals surface area contributed by atoms with E-state index in [0.717, 1.165) is 17.7 Å². The van der Waals surface area contributed by atoms with Crippen LogP contribution in [-0.2, 0) is 19.6 Å². The molecule has 0 spiro atoms. The van der Waals surface area contributed by atoms with Crippen molar-refractivity contribution in [2.45, 2.75) is 31.2 Å². The number of nitrogens with zero attached hydrogens (tertiary/aromatic N) is 2. The number of carbonyl (C=O) groups is 1. The molecule has 0 saturated carbocycles. The molecular formula is C18H27N3O4S. The van der Waals surface area contributed by atoms with Gasteiger partial charge in [-0.05, 0) is 37.1 Å². The maximum Gasteiger partial charge on any atom is 0.243 e. The Hall–Kier alpha value is -1.48. The van der Waals surface area contributed by atoms with Gasteiger partial charge < -0.3 is 15.0 Å². The van der Waals surface area contributed by atoms with Gasteiger partial charge in [0, 0.05) is 45.2 Å². The summed E-state index contributed by atoms with van der Waals surface area (Å²) in [5.74, 6) is 0.0521. The number of hydrogen-bond acceptors (Lipinski definition) is 5. The van der Waals surface area contributed by atoms with E-state index in [4.69, 9.17) is 4.74 Å². The molecule has 144 valence electrons. The van der Waals surface area contributed by atoms with Crippen LogP contribution in [0.5, 0.6) is 0 Å². The maximum absolute atomic E-state index is 12.8. The third-order valence-corrected chi connectivity index (χ3v) is 7.02. The molecule has 3 rings (SSSR count). The van der Waals surface area contributed by atoms with E-state index < -0.39 is 10.0 Å². The zero-order valence-corrected chi connectivity index (χ0v) is 16.2. The predicted octanol–water partition coefficient (Wildman–Crippen LogP) is 0.515. The Morgan fingerprint density at radius 3 is 2.54 bits per heavy atom. The minimum absolute atomic E-state index is 0.0496. The number of carbonyl (C=O) groups excluding carboxylic acids is 1. The van der Waals surface area contributed by atoms with Crippen molar-refractivity contribution >= 4 is 15.9 Å². The number of morpholine rings is 1. The monoisotopic (exact) mass is 381 g/mol. The van der Waals surface area contributed by atoms with E-state index in [-0.39, 0.29) is 11.9 Å². The Morgan fingerprint density at radius 1 is 1.19 bits per heavy atom. The summed E-state index contributed by atoms with van der Waals surface area (Å²) >= 11 is 0.